The van der Waals surface area contributed by atoms with Gasteiger partial charge in [0.1, 0.15) is 0 Å². The lowest BCUT2D eigenvalue weighted by molar-refractivity contribution is -0.384. The van der Waals surface area contributed by atoms with Gasteiger partial charge in [0.05, 0.1) is 10.5 Å². The Labute approximate surface area is 121 Å². The lowest BCUT2D eigenvalue weighted by Crippen LogP contribution is -2.05. The van der Waals surface area contributed by atoms with Gasteiger partial charge in [0.15, 0.2) is 0 Å². The van der Waals surface area contributed by atoms with Crippen LogP contribution < -0.4 is 5.32 Å². The van der Waals surface area contributed by atoms with Crippen molar-refractivity contribution < 1.29 is 14.8 Å². The maximum absolute atomic E-state index is 11.1. The molecule has 2 aromatic rings. The van der Waals surface area contributed by atoms with E-state index in [-0.39, 0.29) is 11.3 Å². The highest BCUT2D eigenvalue weighted by atomic mass is 16.6. The Morgan fingerprint density at radius 2 is 1.90 bits per heavy atom. The molecule has 0 aliphatic carbocycles. The molecule has 108 valence electrons. The smallest absolute Gasteiger partial charge is 0.336 e. The molecule has 0 radical (unpaired) electrons. The fraction of sp³-hybridized carbons (Fsp3) is 0.133. The van der Waals surface area contributed by atoms with Gasteiger partial charge in [0, 0.05) is 24.4 Å². The molecule has 0 saturated heterocycles. The number of hydrogen-bond acceptors (Lipinski definition) is 4. The number of nitro benzene ring substituents is 1. The summed E-state index contributed by atoms with van der Waals surface area (Å²) in [6.45, 7) is 2.20. The average molecular weight is 286 g/mol. The van der Waals surface area contributed by atoms with E-state index in [0.29, 0.717) is 12.1 Å². The van der Waals surface area contributed by atoms with Crippen molar-refractivity contribution in [3.8, 4) is 0 Å². The van der Waals surface area contributed by atoms with Crippen molar-refractivity contribution in [3.05, 3.63) is 69.3 Å². The first-order chi connectivity index (χ1) is 9.99. The van der Waals surface area contributed by atoms with Crippen molar-refractivity contribution >= 4 is 17.3 Å². The van der Waals surface area contributed by atoms with Crippen LogP contribution >= 0.6 is 0 Å². The third kappa shape index (κ3) is 3.36. The van der Waals surface area contributed by atoms with Crippen molar-refractivity contribution in [3.63, 3.8) is 0 Å². The van der Waals surface area contributed by atoms with Crippen LogP contribution in [0.5, 0.6) is 0 Å². The number of carboxylic acid groups (broad SMARTS) is 1. The molecule has 0 atom stereocenters. The maximum Gasteiger partial charge on any atom is 0.336 e. The molecule has 0 amide bonds. The number of non-ortho nitro benzene ring substituents is 1. The van der Waals surface area contributed by atoms with Gasteiger partial charge in [0.25, 0.3) is 5.69 Å². The zero-order chi connectivity index (χ0) is 15.4. The Kier molecular flexibility index (Phi) is 4.18. The molecule has 6 nitrogen and oxygen atoms in total. The van der Waals surface area contributed by atoms with Crippen LogP contribution in [-0.2, 0) is 6.54 Å². The highest BCUT2D eigenvalue weighted by Gasteiger charge is 2.10. The highest BCUT2D eigenvalue weighted by Crippen LogP contribution is 2.20. The Hall–Kier alpha value is -2.89. The van der Waals surface area contributed by atoms with E-state index in [4.69, 9.17) is 5.11 Å². The predicted octanol–water partition coefficient (Wildman–Crippen LogP) is 3.21. The summed E-state index contributed by atoms with van der Waals surface area (Å²) in [7, 11) is 0. The number of nitrogens with one attached hydrogen (secondary N) is 1. The molecular formula is C15H14N2O4. The minimum Gasteiger partial charge on any atom is -0.478 e. The van der Waals surface area contributed by atoms with Crippen molar-refractivity contribution in [1.82, 2.24) is 0 Å². The number of aromatic carboxylic acids is 1. The van der Waals surface area contributed by atoms with E-state index >= 15 is 0 Å². The summed E-state index contributed by atoms with van der Waals surface area (Å²) in [4.78, 5) is 21.2. The molecule has 6 heteroatoms. The number of carbonyl (C=O) groups is 1. The number of hydrogen-bond donors (Lipinski definition) is 2. The lowest BCUT2D eigenvalue weighted by atomic mass is 10.1. The Balaban J connectivity index is 2.11. The quantitative estimate of drug-likeness (QED) is 0.650. The van der Waals surface area contributed by atoms with Crippen LogP contribution in [0.1, 0.15) is 21.5 Å². The van der Waals surface area contributed by atoms with Crippen LogP contribution in [-0.4, -0.2) is 16.0 Å². The number of rotatable bonds is 5. The fourth-order valence-electron chi connectivity index (χ4n) is 1.99. The van der Waals surface area contributed by atoms with Crippen molar-refractivity contribution in [1.29, 1.82) is 0 Å². The summed E-state index contributed by atoms with van der Waals surface area (Å²) < 4.78 is 0. The van der Waals surface area contributed by atoms with Gasteiger partial charge in [-0.3, -0.25) is 10.1 Å². The summed E-state index contributed by atoms with van der Waals surface area (Å²) in [6.07, 6.45) is 0. The van der Waals surface area contributed by atoms with Gasteiger partial charge in [-0.1, -0.05) is 18.2 Å². The van der Waals surface area contributed by atoms with E-state index in [1.807, 2.05) is 0 Å². The molecule has 0 saturated carbocycles. The largest absolute Gasteiger partial charge is 0.478 e. The van der Waals surface area contributed by atoms with E-state index in [2.05, 4.69) is 5.32 Å². The Morgan fingerprint density at radius 3 is 2.48 bits per heavy atom. The summed E-state index contributed by atoms with van der Waals surface area (Å²) in [5.41, 5.74) is 2.56. The molecule has 0 aromatic heterocycles. The van der Waals surface area contributed by atoms with Crippen LogP contribution in [0.4, 0.5) is 11.4 Å². The first kappa shape index (κ1) is 14.5. The summed E-state index contributed by atoms with van der Waals surface area (Å²) in [6, 6.07) is 11.2. The molecular weight excluding hydrogens is 272 g/mol. The minimum absolute atomic E-state index is 0.0443. The van der Waals surface area contributed by atoms with Gasteiger partial charge in [-0.15, -0.1) is 0 Å². The second-order valence-electron chi connectivity index (χ2n) is 4.56. The van der Waals surface area contributed by atoms with Crippen LogP contribution in [0, 0.1) is 17.0 Å². The van der Waals surface area contributed by atoms with Crippen LogP contribution in [0.3, 0.4) is 0 Å². The van der Waals surface area contributed by atoms with Crippen molar-refractivity contribution in [2.24, 2.45) is 0 Å². The normalized spacial score (nSPS) is 10.1. The summed E-state index contributed by atoms with van der Waals surface area (Å²) in [5, 5.41) is 22.8. The second-order valence-corrected chi connectivity index (χ2v) is 4.56. The van der Waals surface area contributed by atoms with E-state index in [1.54, 1.807) is 37.3 Å². The van der Waals surface area contributed by atoms with Gasteiger partial charge in [0.2, 0.25) is 0 Å². The number of anilines is 1. The van der Waals surface area contributed by atoms with E-state index in [1.165, 1.54) is 12.1 Å². The van der Waals surface area contributed by atoms with E-state index < -0.39 is 10.9 Å². The van der Waals surface area contributed by atoms with Gasteiger partial charge >= 0.3 is 5.97 Å². The molecule has 0 fully saturated rings. The summed E-state index contributed by atoms with van der Waals surface area (Å²) in [5.74, 6) is -0.966. The van der Waals surface area contributed by atoms with Gasteiger partial charge in [-0.2, -0.15) is 0 Å². The number of nitro groups is 1. The van der Waals surface area contributed by atoms with E-state index in [0.717, 1.165) is 11.3 Å². The SMILES string of the molecule is Cc1c(NCc2ccc([N+](=O)[O-])cc2)cccc1C(=O)O. The van der Waals surface area contributed by atoms with Gasteiger partial charge < -0.3 is 10.4 Å². The molecule has 2 rings (SSSR count). The first-order valence-corrected chi connectivity index (χ1v) is 6.29. The zero-order valence-electron chi connectivity index (χ0n) is 11.4. The number of benzene rings is 2. The van der Waals surface area contributed by atoms with Crippen LogP contribution in [0.15, 0.2) is 42.5 Å². The average Bonchev–Trinajstić information content (AvgIpc) is 2.46. The van der Waals surface area contributed by atoms with Crippen LogP contribution in [0.2, 0.25) is 0 Å². The fourth-order valence-corrected chi connectivity index (χ4v) is 1.99. The topological polar surface area (TPSA) is 92.5 Å². The van der Waals surface area contributed by atoms with Gasteiger partial charge in [-0.25, -0.2) is 4.79 Å². The molecule has 0 aliphatic rings. The minimum atomic E-state index is -0.966. The Morgan fingerprint density at radius 1 is 1.24 bits per heavy atom. The van der Waals surface area contributed by atoms with Crippen molar-refractivity contribution in [2.75, 3.05) is 5.32 Å². The molecule has 2 aromatic carbocycles. The zero-order valence-corrected chi connectivity index (χ0v) is 11.4. The molecule has 21 heavy (non-hydrogen) atoms. The maximum atomic E-state index is 11.1. The molecule has 0 spiro atoms. The highest BCUT2D eigenvalue weighted by molar-refractivity contribution is 5.91. The standard InChI is InChI=1S/C15H14N2O4/c1-10-13(15(18)19)3-2-4-14(10)16-9-11-5-7-12(8-6-11)17(20)21/h2-8,16H,9H2,1H3,(H,18,19). The first-order valence-electron chi connectivity index (χ1n) is 6.29. The van der Waals surface area contributed by atoms with E-state index in [9.17, 15) is 14.9 Å². The molecule has 2 N–H and O–H groups in total. The summed E-state index contributed by atoms with van der Waals surface area (Å²) >= 11 is 0. The molecule has 0 aliphatic heterocycles. The van der Waals surface area contributed by atoms with Crippen LogP contribution in [0.25, 0.3) is 0 Å². The lowest BCUT2D eigenvalue weighted by Gasteiger charge is -2.11. The Bertz CT molecular complexity index is 681. The number of carboxylic acids is 1. The third-order valence-electron chi connectivity index (χ3n) is 3.19. The monoisotopic (exact) mass is 286 g/mol. The number of nitrogens with zero attached hydrogens (tertiary/aromatic N) is 1. The molecule has 0 unspecified atom stereocenters. The van der Waals surface area contributed by atoms with Crippen molar-refractivity contribution in [2.45, 2.75) is 13.5 Å². The third-order valence-corrected chi connectivity index (χ3v) is 3.19. The van der Waals surface area contributed by atoms with Gasteiger partial charge in [-0.05, 0) is 30.2 Å². The predicted molar refractivity (Wildman–Crippen MR) is 78.6 cm³/mol. The molecule has 0 bridgehead atoms. The second kappa shape index (κ2) is 6.04. The molecule has 0 heterocycles.